The van der Waals surface area contributed by atoms with Gasteiger partial charge in [-0.05, 0) is 72.9 Å². The molecule has 0 saturated heterocycles. The minimum absolute atomic E-state index is 0.187. The zero-order valence-electron chi connectivity index (χ0n) is 24.3. The van der Waals surface area contributed by atoms with Gasteiger partial charge in [0, 0.05) is 5.92 Å². The molecule has 1 fully saturated rings. The Morgan fingerprint density at radius 1 is 1.03 bits per heavy atom. The van der Waals surface area contributed by atoms with E-state index in [0.29, 0.717) is 17.8 Å². The molecule has 5 heteroatoms. The molecule has 0 aromatic carbocycles. The number of rotatable bonds is 11. The van der Waals surface area contributed by atoms with Crippen LogP contribution in [0.3, 0.4) is 0 Å². The molecule has 2 aliphatic rings. The zero-order valence-corrected chi connectivity index (χ0v) is 26.3. The maximum Gasteiger partial charge on any atom is 0.192 e. The third kappa shape index (κ3) is 7.41. The molecule has 34 heavy (non-hydrogen) atoms. The summed E-state index contributed by atoms with van der Waals surface area (Å²) in [6.07, 6.45) is 14.6. The van der Waals surface area contributed by atoms with E-state index in [0.717, 1.165) is 19.3 Å². The smallest absolute Gasteiger partial charge is 0.192 e. The molecule has 1 saturated carbocycles. The second-order valence-corrected chi connectivity index (χ2v) is 23.6. The summed E-state index contributed by atoms with van der Waals surface area (Å²) in [5.74, 6) is 1.49. The van der Waals surface area contributed by atoms with Crippen LogP contribution in [0.4, 0.5) is 0 Å². The van der Waals surface area contributed by atoms with Gasteiger partial charge in [-0.1, -0.05) is 86.0 Å². The molecule has 0 amide bonds. The van der Waals surface area contributed by atoms with Crippen molar-refractivity contribution >= 4 is 16.6 Å². The predicted octanol–water partition coefficient (Wildman–Crippen LogP) is 8.48. The van der Waals surface area contributed by atoms with Crippen LogP contribution in [0.15, 0.2) is 23.8 Å². The average Bonchev–Trinajstić information content (AvgIpc) is 3.21. The third-order valence-electron chi connectivity index (χ3n) is 9.27. The van der Waals surface area contributed by atoms with E-state index in [9.17, 15) is 5.11 Å². The van der Waals surface area contributed by atoms with Crippen LogP contribution in [-0.4, -0.2) is 40.6 Å². The summed E-state index contributed by atoms with van der Waals surface area (Å²) in [7, 11) is -3.71. The lowest BCUT2D eigenvalue weighted by Gasteiger charge is -2.40. The second kappa shape index (κ2) is 11.5. The molecule has 5 atom stereocenters. The highest BCUT2D eigenvalue weighted by Gasteiger charge is 2.48. The van der Waals surface area contributed by atoms with Gasteiger partial charge in [0.15, 0.2) is 16.6 Å². The fraction of sp³-hybridized carbons (Fsp3) is 0.862. The first-order chi connectivity index (χ1) is 15.5. The molecule has 3 nitrogen and oxygen atoms in total. The van der Waals surface area contributed by atoms with Crippen molar-refractivity contribution in [2.75, 3.05) is 6.61 Å². The topological polar surface area (TPSA) is 38.7 Å². The molecule has 2 rings (SSSR count). The van der Waals surface area contributed by atoms with Crippen LogP contribution < -0.4 is 0 Å². The van der Waals surface area contributed by atoms with Crippen molar-refractivity contribution in [3.05, 3.63) is 23.8 Å². The SMILES string of the molecule is CCCCC[C@@H](C=C[C@H]1[C@H]2CC(CO)=C[C@H]2C[C@H]1O[Si](C)(C)C(C)(C)C)O[Si](C)(C)C(C)(C)C. The summed E-state index contributed by atoms with van der Waals surface area (Å²) < 4.78 is 14.0. The molecular weight excluding hydrogens is 452 g/mol. The number of fused-ring (bicyclic) bond motifs is 1. The molecule has 0 aliphatic heterocycles. The standard InChI is InChI=1S/C29H56O3Si2/c1-12-13-14-15-24(31-33(8,9)28(2,3)4)16-17-25-26-19-22(21-30)18-23(26)20-27(25)32-34(10,11)29(5,6)7/h16-18,23-27,30H,12-15,19-21H2,1-11H3/t23-,24-,25-,26-,27+/m0/s1. The third-order valence-corrected chi connectivity index (χ3v) is 18.3. The van der Waals surface area contributed by atoms with Gasteiger partial charge in [0.2, 0.25) is 0 Å². The Hall–Kier alpha value is -0.206. The minimum atomic E-state index is -1.86. The fourth-order valence-corrected chi connectivity index (χ4v) is 7.65. The molecule has 1 N–H and O–H groups in total. The summed E-state index contributed by atoms with van der Waals surface area (Å²) in [6.45, 7) is 26.0. The van der Waals surface area contributed by atoms with Crippen LogP contribution >= 0.6 is 0 Å². The first kappa shape index (κ1) is 30.0. The lowest BCUT2D eigenvalue weighted by atomic mass is 9.89. The predicted molar refractivity (Wildman–Crippen MR) is 152 cm³/mol. The second-order valence-electron chi connectivity index (χ2n) is 14.0. The molecule has 0 aromatic heterocycles. The number of hydrogen-bond acceptors (Lipinski definition) is 3. The summed E-state index contributed by atoms with van der Waals surface area (Å²) in [4.78, 5) is 0. The molecular formula is C29H56O3Si2. The van der Waals surface area contributed by atoms with Crippen LogP contribution in [-0.2, 0) is 8.85 Å². The van der Waals surface area contributed by atoms with Gasteiger partial charge in [-0.15, -0.1) is 0 Å². The van der Waals surface area contributed by atoms with Gasteiger partial charge in [0.05, 0.1) is 18.8 Å². The van der Waals surface area contributed by atoms with Crippen LogP contribution in [0, 0.1) is 17.8 Å². The number of aliphatic hydroxyl groups excluding tert-OH is 1. The van der Waals surface area contributed by atoms with E-state index in [1.54, 1.807) is 0 Å². The van der Waals surface area contributed by atoms with Crippen molar-refractivity contribution < 1.29 is 14.0 Å². The lowest BCUT2D eigenvalue weighted by molar-refractivity contribution is 0.146. The zero-order chi connectivity index (χ0) is 25.9. The molecule has 198 valence electrons. The number of unbranched alkanes of at least 4 members (excludes halogenated alkanes) is 2. The van der Waals surface area contributed by atoms with E-state index in [1.807, 2.05) is 0 Å². The van der Waals surface area contributed by atoms with E-state index in [-0.39, 0.29) is 28.9 Å². The van der Waals surface area contributed by atoms with Gasteiger partial charge >= 0.3 is 0 Å². The van der Waals surface area contributed by atoms with Gasteiger partial charge in [0.25, 0.3) is 0 Å². The van der Waals surface area contributed by atoms with E-state index in [4.69, 9.17) is 8.85 Å². The monoisotopic (exact) mass is 508 g/mol. The minimum Gasteiger partial charge on any atom is -0.413 e. The Bertz CT molecular complexity index is 712. The van der Waals surface area contributed by atoms with E-state index in [2.05, 4.69) is 92.9 Å². The van der Waals surface area contributed by atoms with Crippen molar-refractivity contribution in [3.8, 4) is 0 Å². The van der Waals surface area contributed by atoms with Crippen LogP contribution in [0.5, 0.6) is 0 Å². The normalized spacial score (nSPS) is 27.4. The summed E-state index contributed by atoms with van der Waals surface area (Å²) in [6, 6.07) is 0. The maximum absolute atomic E-state index is 9.78. The Morgan fingerprint density at radius 2 is 1.65 bits per heavy atom. The van der Waals surface area contributed by atoms with Crippen LogP contribution in [0.2, 0.25) is 36.3 Å². The molecule has 0 radical (unpaired) electrons. The van der Waals surface area contributed by atoms with Gasteiger partial charge in [-0.2, -0.15) is 0 Å². The fourth-order valence-electron chi connectivity index (χ4n) is 4.98. The highest BCUT2D eigenvalue weighted by atomic mass is 28.4. The van der Waals surface area contributed by atoms with Crippen molar-refractivity contribution in [3.63, 3.8) is 0 Å². The van der Waals surface area contributed by atoms with Gasteiger partial charge in [-0.3, -0.25) is 0 Å². The number of allylic oxidation sites excluding steroid dienone is 1. The summed E-state index contributed by atoms with van der Waals surface area (Å²) >= 11 is 0. The first-order valence-electron chi connectivity index (χ1n) is 13.9. The Morgan fingerprint density at radius 3 is 2.18 bits per heavy atom. The molecule has 2 aliphatic carbocycles. The van der Waals surface area contributed by atoms with Crippen molar-refractivity contribution in [1.82, 2.24) is 0 Å². The Labute approximate surface area is 214 Å². The van der Waals surface area contributed by atoms with Crippen molar-refractivity contribution in [2.45, 2.75) is 135 Å². The van der Waals surface area contributed by atoms with Gasteiger partial charge < -0.3 is 14.0 Å². The Kier molecular flexibility index (Phi) is 10.1. The first-order valence-corrected chi connectivity index (χ1v) is 19.7. The van der Waals surface area contributed by atoms with Crippen LogP contribution in [0.25, 0.3) is 0 Å². The van der Waals surface area contributed by atoms with E-state index >= 15 is 0 Å². The highest BCUT2D eigenvalue weighted by Crippen LogP contribution is 2.50. The van der Waals surface area contributed by atoms with E-state index < -0.39 is 16.6 Å². The molecule has 0 aromatic rings. The van der Waals surface area contributed by atoms with Gasteiger partial charge in [-0.25, -0.2) is 0 Å². The van der Waals surface area contributed by atoms with Gasteiger partial charge in [0.1, 0.15) is 0 Å². The molecule has 0 heterocycles. The Balaban J connectivity index is 2.28. The highest BCUT2D eigenvalue weighted by molar-refractivity contribution is 6.74. The van der Waals surface area contributed by atoms with E-state index in [1.165, 1.54) is 24.8 Å². The van der Waals surface area contributed by atoms with Crippen molar-refractivity contribution in [2.24, 2.45) is 17.8 Å². The summed E-state index contributed by atoms with van der Waals surface area (Å²) in [5, 5.41) is 10.2. The molecule has 0 unspecified atom stereocenters. The molecule has 0 bridgehead atoms. The number of hydrogen-bond donors (Lipinski definition) is 1. The average molecular weight is 509 g/mol. The largest absolute Gasteiger partial charge is 0.413 e. The van der Waals surface area contributed by atoms with Crippen LogP contribution in [0.1, 0.15) is 87.0 Å². The van der Waals surface area contributed by atoms with Crippen molar-refractivity contribution in [1.29, 1.82) is 0 Å². The summed E-state index contributed by atoms with van der Waals surface area (Å²) in [5.41, 5.74) is 1.22. The number of aliphatic hydroxyl groups is 1. The quantitative estimate of drug-likeness (QED) is 0.173. The lowest BCUT2D eigenvalue weighted by Crippen LogP contribution is -2.45. The maximum atomic E-state index is 9.78. The molecule has 0 spiro atoms.